The van der Waals surface area contributed by atoms with E-state index in [9.17, 15) is 0 Å². The van der Waals surface area contributed by atoms with Gasteiger partial charge in [0.1, 0.15) is 0 Å². The minimum absolute atomic E-state index is 0.302. The third kappa shape index (κ3) is 1.94. The lowest BCUT2D eigenvalue weighted by Gasteiger charge is -2.28. The number of hydrogen-bond acceptors (Lipinski definition) is 2. The number of aliphatic hydroxyl groups is 1. The van der Waals surface area contributed by atoms with Gasteiger partial charge in [0.05, 0.1) is 6.61 Å². The summed E-state index contributed by atoms with van der Waals surface area (Å²) < 4.78 is 0. The summed E-state index contributed by atoms with van der Waals surface area (Å²) in [4.78, 5) is 2.43. The van der Waals surface area contributed by atoms with Crippen LogP contribution >= 0.6 is 0 Å². The first kappa shape index (κ1) is 9.01. The zero-order chi connectivity index (χ0) is 8.27. The van der Waals surface area contributed by atoms with Crippen molar-refractivity contribution in [2.75, 3.05) is 13.2 Å². The van der Waals surface area contributed by atoms with Crippen LogP contribution in [0, 0.1) is 0 Å². The Morgan fingerprint density at radius 1 is 1.64 bits per heavy atom. The average Bonchev–Trinajstić information content (AvgIpc) is 2.50. The molecular formula is C9H19NO. The molecule has 0 aromatic carbocycles. The molecule has 2 unspecified atom stereocenters. The van der Waals surface area contributed by atoms with E-state index in [4.69, 9.17) is 5.11 Å². The predicted octanol–water partition coefficient (Wildman–Crippen LogP) is 1.24. The molecule has 0 aromatic rings. The van der Waals surface area contributed by atoms with E-state index in [1.807, 2.05) is 0 Å². The highest BCUT2D eigenvalue weighted by Crippen LogP contribution is 2.21. The lowest BCUT2D eigenvalue weighted by molar-refractivity contribution is 0.121. The second kappa shape index (κ2) is 4.07. The zero-order valence-electron chi connectivity index (χ0n) is 7.58. The zero-order valence-corrected chi connectivity index (χ0v) is 7.58. The molecule has 1 N–H and O–H groups in total. The lowest BCUT2D eigenvalue weighted by atomic mass is 10.1. The van der Waals surface area contributed by atoms with Crippen molar-refractivity contribution >= 4 is 0 Å². The molecule has 0 saturated carbocycles. The fourth-order valence-electron chi connectivity index (χ4n) is 1.98. The van der Waals surface area contributed by atoms with Gasteiger partial charge >= 0.3 is 0 Å². The van der Waals surface area contributed by atoms with E-state index in [1.54, 1.807) is 0 Å². The van der Waals surface area contributed by atoms with Crippen molar-refractivity contribution in [1.29, 1.82) is 0 Å². The maximum atomic E-state index is 8.97. The minimum Gasteiger partial charge on any atom is -0.395 e. The van der Waals surface area contributed by atoms with Gasteiger partial charge in [-0.2, -0.15) is 0 Å². The topological polar surface area (TPSA) is 23.5 Å². The maximum Gasteiger partial charge on any atom is 0.0584 e. The van der Waals surface area contributed by atoms with Gasteiger partial charge in [0.2, 0.25) is 0 Å². The summed E-state index contributed by atoms with van der Waals surface area (Å²) in [5, 5.41) is 8.97. The van der Waals surface area contributed by atoms with E-state index in [1.165, 1.54) is 25.8 Å². The first-order valence-electron chi connectivity index (χ1n) is 4.66. The smallest absolute Gasteiger partial charge is 0.0584 e. The van der Waals surface area contributed by atoms with Crippen molar-refractivity contribution in [3.05, 3.63) is 0 Å². The highest BCUT2D eigenvalue weighted by atomic mass is 16.3. The van der Waals surface area contributed by atoms with Gasteiger partial charge in [-0.05, 0) is 32.7 Å². The molecule has 0 aliphatic carbocycles. The van der Waals surface area contributed by atoms with E-state index >= 15 is 0 Å². The number of nitrogens with zero attached hydrogens (tertiary/aromatic N) is 1. The largest absolute Gasteiger partial charge is 0.395 e. The van der Waals surface area contributed by atoms with Crippen molar-refractivity contribution in [3.63, 3.8) is 0 Å². The van der Waals surface area contributed by atoms with Crippen molar-refractivity contribution in [3.8, 4) is 0 Å². The molecule has 1 aliphatic heterocycles. The predicted molar refractivity (Wildman–Crippen MR) is 46.6 cm³/mol. The second-order valence-corrected chi connectivity index (χ2v) is 3.47. The molecule has 1 heterocycles. The van der Waals surface area contributed by atoms with E-state index in [0.29, 0.717) is 12.6 Å². The Hall–Kier alpha value is -0.0800. The van der Waals surface area contributed by atoms with Crippen LogP contribution in [0.1, 0.15) is 33.1 Å². The summed E-state index contributed by atoms with van der Waals surface area (Å²) >= 11 is 0. The molecule has 2 nitrogen and oxygen atoms in total. The molecule has 0 aromatic heterocycles. The molecule has 0 bridgehead atoms. The third-order valence-corrected chi connectivity index (χ3v) is 2.72. The molecule has 0 radical (unpaired) electrons. The monoisotopic (exact) mass is 157 g/mol. The fraction of sp³-hybridized carbons (Fsp3) is 1.00. The summed E-state index contributed by atoms with van der Waals surface area (Å²) in [6, 6.07) is 1.10. The summed E-state index contributed by atoms with van der Waals surface area (Å²) in [5.41, 5.74) is 0. The standard InChI is InChI=1S/C9H19NO/c1-3-9-5-4-6-10(9)8(2)7-11/h8-9,11H,3-7H2,1-2H3. The van der Waals surface area contributed by atoms with Crippen LogP contribution in [-0.4, -0.2) is 35.2 Å². The van der Waals surface area contributed by atoms with Crippen LogP contribution in [-0.2, 0) is 0 Å². The lowest BCUT2D eigenvalue weighted by Crippen LogP contribution is -2.38. The molecule has 1 fully saturated rings. The number of aliphatic hydroxyl groups excluding tert-OH is 1. The molecule has 0 amide bonds. The van der Waals surface area contributed by atoms with Gasteiger partial charge in [-0.25, -0.2) is 0 Å². The summed E-state index contributed by atoms with van der Waals surface area (Å²) in [5.74, 6) is 0. The summed E-state index contributed by atoms with van der Waals surface area (Å²) in [6.07, 6.45) is 3.86. The Morgan fingerprint density at radius 3 is 2.91 bits per heavy atom. The van der Waals surface area contributed by atoms with Gasteiger partial charge in [-0.1, -0.05) is 6.92 Å². The normalized spacial score (nSPS) is 29.2. The SMILES string of the molecule is CCC1CCCN1C(C)CO. The maximum absolute atomic E-state index is 8.97. The van der Waals surface area contributed by atoms with Crippen LogP contribution in [0.3, 0.4) is 0 Å². The number of rotatable bonds is 3. The average molecular weight is 157 g/mol. The van der Waals surface area contributed by atoms with E-state index in [-0.39, 0.29) is 0 Å². The number of hydrogen-bond donors (Lipinski definition) is 1. The van der Waals surface area contributed by atoms with Crippen LogP contribution in [0.15, 0.2) is 0 Å². The molecule has 2 heteroatoms. The van der Waals surface area contributed by atoms with E-state index in [0.717, 1.165) is 6.04 Å². The van der Waals surface area contributed by atoms with Gasteiger partial charge < -0.3 is 5.11 Å². The van der Waals surface area contributed by atoms with Gasteiger partial charge in [-0.3, -0.25) is 4.90 Å². The Bertz CT molecular complexity index is 116. The van der Waals surface area contributed by atoms with Crippen LogP contribution in [0.25, 0.3) is 0 Å². The molecule has 0 spiro atoms. The highest BCUT2D eigenvalue weighted by Gasteiger charge is 2.26. The van der Waals surface area contributed by atoms with E-state index < -0.39 is 0 Å². The Balaban J connectivity index is 2.42. The van der Waals surface area contributed by atoms with Crippen LogP contribution in [0.4, 0.5) is 0 Å². The fourth-order valence-corrected chi connectivity index (χ4v) is 1.98. The van der Waals surface area contributed by atoms with Crippen molar-refractivity contribution in [1.82, 2.24) is 4.90 Å². The quantitative estimate of drug-likeness (QED) is 0.666. The molecule has 1 aliphatic rings. The summed E-state index contributed by atoms with van der Waals surface area (Å²) in [7, 11) is 0. The molecule has 2 atom stereocenters. The first-order chi connectivity index (χ1) is 5.29. The van der Waals surface area contributed by atoms with Crippen LogP contribution in [0.5, 0.6) is 0 Å². The van der Waals surface area contributed by atoms with Crippen LogP contribution < -0.4 is 0 Å². The van der Waals surface area contributed by atoms with E-state index in [2.05, 4.69) is 18.7 Å². The highest BCUT2D eigenvalue weighted by molar-refractivity contribution is 4.81. The first-order valence-corrected chi connectivity index (χ1v) is 4.66. The molecular weight excluding hydrogens is 138 g/mol. The van der Waals surface area contributed by atoms with Gasteiger partial charge in [-0.15, -0.1) is 0 Å². The molecule has 1 saturated heterocycles. The molecule has 66 valence electrons. The van der Waals surface area contributed by atoms with Crippen LogP contribution in [0.2, 0.25) is 0 Å². The Labute approximate surface area is 69.2 Å². The van der Waals surface area contributed by atoms with Crippen molar-refractivity contribution in [2.45, 2.75) is 45.2 Å². The Kier molecular flexibility index (Phi) is 3.34. The van der Waals surface area contributed by atoms with Gasteiger partial charge in [0.15, 0.2) is 0 Å². The molecule has 1 rings (SSSR count). The minimum atomic E-state index is 0.302. The van der Waals surface area contributed by atoms with Crippen molar-refractivity contribution < 1.29 is 5.11 Å². The summed E-state index contributed by atoms with van der Waals surface area (Å²) in [6.45, 7) is 5.82. The van der Waals surface area contributed by atoms with Gasteiger partial charge in [0.25, 0.3) is 0 Å². The number of likely N-dealkylation sites (tertiary alicyclic amines) is 1. The second-order valence-electron chi connectivity index (χ2n) is 3.47. The Morgan fingerprint density at radius 2 is 2.36 bits per heavy atom. The molecule has 11 heavy (non-hydrogen) atoms. The van der Waals surface area contributed by atoms with Gasteiger partial charge in [0, 0.05) is 12.1 Å². The third-order valence-electron chi connectivity index (χ3n) is 2.72. The van der Waals surface area contributed by atoms with Crippen molar-refractivity contribution in [2.24, 2.45) is 0 Å².